The Morgan fingerprint density at radius 1 is 1.10 bits per heavy atom. The monoisotopic (exact) mass is 277 g/mol. The summed E-state index contributed by atoms with van der Waals surface area (Å²) in [5.74, 6) is -0.301. The van der Waals surface area contributed by atoms with Crippen LogP contribution in [0.3, 0.4) is 0 Å². The number of benzene rings is 1. The van der Waals surface area contributed by atoms with Gasteiger partial charge in [0.25, 0.3) is 0 Å². The van der Waals surface area contributed by atoms with E-state index in [-0.39, 0.29) is 6.04 Å². The van der Waals surface area contributed by atoms with Crippen LogP contribution in [0.4, 0.5) is 20.3 Å². The zero-order valence-corrected chi connectivity index (χ0v) is 11.7. The van der Waals surface area contributed by atoms with Gasteiger partial charge in [0.2, 0.25) is 0 Å². The Labute approximate surface area is 117 Å². The standard InChI is InChI=1S/C15H17F2N3/c1-10(11-6-12(16)8-13(17)7-11)19-14-4-5-15(18-9-14)20(2)3/h4-10,19H,1-3H3. The smallest absolute Gasteiger partial charge is 0.128 e. The van der Waals surface area contributed by atoms with Crippen molar-refractivity contribution in [3.63, 3.8) is 0 Å². The van der Waals surface area contributed by atoms with Crippen LogP contribution in [-0.2, 0) is 0 Å². The highest BCUT2D eigenvalue weighted by Gasteiger charge is 2.09. The van der Waals surface area contributed by atoms with Gasteiger partial charge in [-0.2, -0.15) is 0 Å². The van der Waals surface area contributed by atoms with E-state index in [4.69, 9.17) is 0 Å². The van der Waals surface area contributed by atoms with Gasteiger partial charge in [-0.1, -0.05) is 0 Å². The van der Waals surface area contributed by atoms with E-state index in [2.05, 4.69) is 10.3 Å². The van der Waals surface area contributed by atoms with E-state index in [1.54, 1.807) is 6.20 Å². The minimum Gasteiger partial charge on any atom is -0.377 e. The van der Waals surface area contributed by atoms with E-state index < -0.39 is 11.6 Å². The van der Waals surface area contributed by atoms with Gasteiger partial charge in [-0.3, -0.25) is 0 Å². The average molecular weight is 277 g/mol. The second-order valence-electron chi connectivity index (χ2n) is 4.87. The second-order valence-corrected chi connectivity index (χ2v) is 4.87. The van der Waals surface area contributed by atoms with E-state index in [0.29, 0.717) is 5.56 Å². The molecular weight excluding hydrogens is 260 g/mol. The van der Waals surface area contributed by atoms with Crippen LogP contribution in [0, 0.1) is 11.6 Å². The number of rotatable bonds is 4. The topological polar surface area (TPSA) is 28.2 Å². The number of nitrogens with zero attached hydrogens (tertiary/aromatic N) is 2. The maximum atomic E-state index is 13.2. The molecule has 1 aromatic heterocycles. The predicted molar refractivity (Wildman–Crippen MR) is 77.0 cm³/mol. The van der Waals surface area contributed by atoms with Crippen LogP contribution in [0.25, 0.3) is 0 Å². The molecule has 0 fully saturated rings. The Morgan fingerprint density at radius 3 is 2.25 bits per heavy atom. The molecule has 1 aromatic carbocycles. The molecule has 1 heterocycles. The number of anilines is 2. The van der Waals surface area contributed by atoms with E-state index in [0.717, 1.165) is 17.6 Å². The number of hydrogen-bond donors (Lipinski definition) is 1. The van der Waals surface area contributed by atoms with Crippen LogP contribution in [0.2, 0.25) is 0 Å². The molecule has 0 bridgehead atoms. The molecule has 0 aliphatic rings. The molecule has 3 nitrogen and oxygen atoms in total. The number of hydrogen-bond acceptors (Lipinski definition) is 3. The van der Waals surface area contributed by atoms with Crippen molar-refractivity contribution in [1.29, 1.82) is 0 Å². The Balaban J connectivity index is 2.12. The first kappa shape index (κ1) is 14.2. The average Bonchev–Trinajstić information content (AvgIpc) is 2.38. The lowest BCUT2D eigenvalue weighted by atomic mass is 10.1. The molecule has 1 N–H and O–H groups in total. The van der Waals surface area contributed by atoms with Crippen molar-refractivity contribution in [2.24, 2.45) is 0 Å². The molecule has 106 valence electrons. The van der Waals surface area contributed by atoms with E-state index in [1.807, 2.05) is 38.1 Å². The molecule has 2 aromatic rings. The van der Waals surface area contributed by atoms with Crippen LogP contribution in [0.15, 0.2) is 36.5 Å². The molecule has 1 atom stereocenters. The third-order valence-electron chi connectivity index (χ3n) is 2.97. The summed E-state index contributed by atoms with van der Waals surface area (Å²) < 4.78 is 26.4. The molecule has 0 radical (unpaired) electrons. The van der Waals surface area contributed by atoms with Crippen LogP contribution in [0.5, 0.6) is 0 Å². The second kappa shape index (κ2) is 5.86. The summed E-state index contributed by atoms with van der Waals surface area (Å²) in [7, 11) is 3.82. The van der Waals surface area contributed by atoms with Gasteiger partial charge < -0.3 is 10.2 Å². The number of nitrogens with one attached hydrogen (secondary N) is 1. The summed E-state index contributed by atoms with van der Waals surface area (Å²) in [5.41, 5.74) is 1.35. The van der Waals surface area contributed by atoms with Gasteiger partial charge in [-0.25, -0.2) is 13.8 Å². The van der Waals surface area contributed by atoms with Gasteiger partial charge in [0.05, 0.1) is 11.9 Å². The van der Waals surface area contributed by atoms with Crippen LogP contribution >= 0.6 is 0 Å². The van der Waals surface area contributed by atoms with Gasteiger partial charge in [0.15, 0.2) is 0 Å². The number of aromatic nitrogens is 1. The molecule has 0 aliphatic carbocycles. The Morgan fingerprint density at radius 2 is 1.75 bits per heavy atom. The maximum absolute atomic E-state index is 13.2. The van der Waals surface area contributed by atoms with Gasteiger partial charge >= 0.3 is 0 Å². The maximum Gasteiger partial charge on any atom is 0.128 e. The lowest BCUT2D eigenvalue weighted by Crippen LogP contribution is -2.11. The molecule has 0 saturated carbocycles. The predicted octanol–water partition coefficient (Wildman–Crippen LogP) is 3.60. The SMILES string of the molecule is CC(Nc1ccc(N(C)C)nc1)c1cc(F)cc(F)c1. The highest BCUT2D eigenvalue weighted by atomic mass is 19.1. The summed E-state index contributed by atoms with van der Waals surface area (Å²) >= 11 is 0. The van der Waals surface area contributed by atoms with Crippen LogP contribution in [-0.4, -0.2) is 19.1 Å². The van der Waals surface area contributed by atoms with Crippen molar-refractivity contribution >= 4 is 11.5 Å². The van der Waals surface area contributed by atoms with E-state index >= 15 is 0 Å². The van der Waals surface area contributed by atoms with Crippen LogP contribution < -0.4 is 10.2 Å². The first-order valence-electron chi connectivity index (χ1n) is 6.31. The normalized spacial score (nSPS) is 12.1. The number of halogens is 2. The fraction of sp³-hybridized carbons (Fsp3) is 0.267. The minimum atomic E-state index is -0.574. The summed E-state index contributed by atoms with van der Waals surface area (Å²) in [4.78, 5) is 6.17. The highest BCUT2D eigenvalue weighted by Crippen LogP contribution is 2.21. The highest BCUT2D eigenvalue weighted by molar-refractivity contribution is 5.49. The molecule has 0 spiro atoms. The van der Waals surface area contributed by atoms with Gasteiger partial charge in [-0.15, -0.1) is 0 Å². The molecular formula is C15H17F2N3. The lowest BCUT2D eigenvalue weighted by molar-refractivity contribution is 0.577. The van der Waals surface area contributed by atoms with Crippen molar-refractivity contribution in [2.75, 3.05) is 24.3 Å². The fourth-order valence-electron chi connectivity index (χ4n) is 1.89. The Bertz CT molecular complexity index is 562. The van der Waals surface area contributed by atoms with Crippen molar-refractivity contribution < 1.29 is 8.78 Å². The molecule has 1 unspecified atom stereocenters. The lowest BCUT2D eigenvalue weighted by Gasteiger charge is -2.17. The van der Waals surface area contributed by atoms with Crippen LogP contribution in [0.1, 0.15) is 18.5 Å². The quantitative estimate of drug-likeness (QED) is 0.925. The van der Waals surface area contributed by atoms with Crippen molar-refractivity contribution in [3.8, 4) is 0 Å². The summed E-state index contributed by atoms with van der Waals surface area (Å²) in [6.45, 7) is 1.84. The minimum absolute atomic E-state index is 0.216. The first-order valence-corrected chi connectivity index (χ1v) is 6.31. The largest absolute Gasteiger partial charge is 0.377 e. The van der Waals surface area contributed by atoms with Gasteiger partial charge in [0, 0.05) is 26.2 Å². The summed E-state index contributed by atoms with van der Waals surface area (Å²) in [5, 5.41) is 3.16. The molecule has 5 heteroatoms. The van der Waals surface area contributed by atoms with Crippen molar-refractivity contribution in [2.45, 2.75) is 13.0 Å². The van der Waals surface area contributed by atoms with Gasteiger partial charge in [0.1, 0.15) is 17.5 Å². The Hall–Kier alpha value is -2.17. The molecule has 2 rings (SSSR count). The third-order valence-corrected chi connectivity index (χ3v) is 2.97. The molecule has 0 aliphatic heterocycles. The zero-order chi connectivity index (χ0) is 14.7. The fourth-order valence-corrected chi connectivity index (χ4v) is 1.89. The van der Waals surface area contributed by atoms with Crippen molar-refractivity contribution in [3.05, 3.63) is 53.7 Å². The Kier molecular flexibility index (Phi) is 4.17. The third kappa shape index (κ3) is 3.44. The van der Waals surface area contributed by atoms with E-state index in [1.165, 1.54) is 12.1 Å². The molecule has 20 heavy (non-hydrogen) atoms. The molecule has 0 amide bonds. The van der Waals surface area contributed by atoms with Gasteiger partial charge in [-0.05, 0) is 36.8 Å². The number of pyridine rings is 1. The van der Waals surface area contributed by atoms with Crippen molar-refractivity contribution in [1.82, 2.24) is 4.98 Å². The molecule has 0 saturated heterocycles. The summed E-state index contributed by atoms with van der Waals surface area (Å²) in [6.07, 6.45) is 1.70. The first-order chi connectivity index (χ1) is 9.45. The van der Waals surface area contributed by atoms with E-state index in [9.17, 15) is 8.78 Å². The summed E-state index contributed by atoms with van der Waals surface area (Å²) in [6, 6.07) is 7.05. The zero-order valence-electron chi connectivity index (χ0n) is 11.7.